The molecule has 0 saturated carbocycles. The van der Waals surface area contributed by atoms with Crippen molar-refractivity contribution in [2.75, 3.05) is 11.1 Å². The molecule has 2 unspecified atom stereocenters. The lowest BCUT2D eigenvalue weighted by Gasteiger charge is -2.21. The molecule has 0 saturated heterocycles. The first kappa shape index (κ1) is 12.1. The van der Waals surface area contributed by atoms with Gasteiger partial charge < -0.3 is 11.1 Å². The molecule has 0 spiro atoms. The normalized spacial score (nSPS) is 14.7. The molecule has 3 N–H and O–H groups in total. The molecule has 1 aromatic heterocycles. The minimum atomic E-state index is 0.336. The van der Waals surface area contributed by atoms with Crippen LogP contribution in [0.15, 0.2) is 12.1 Å². The third kappa shape index (κ3) is 3.27. The Balaban J connectivity index is 2.75. The molecule has 0 aliphatic carbocycles. The molecule has 15 heavy (non-hydrogen) atoms. The van der Waals surface area contributed by atoms with Crippen molar-refractivity contribution < 1.29 is 0 Å². The highest BCUT2D eigenvalue weighted by atomic mass is 35.5. The van der Waals surface area contributed by atoms with Gasteiger partial charge in [-0.15, -0.1) is 0 Å². The SMILES string of the molecule is CCC(C)C(C)Nc1nc(Cl)ccc1N. The summed E-state index contributed by atoms with van der Waals surface area (Å²) in [6, 6.07) is 3.79. The number of pyridine rings is 1. The topological polar surface area (TPSA) is 50.9 Å². The fourth-order valence-electron chi connectivity index (χ4n) is 1.27. The van der Waals surface area contributed by atoms with Crippen LogP contribution in [0.4, 0.5) is 11.5 Å². The first-order chi connectivity index (χ1) is 7.04. The van der Waals surface area contributed by atoms with Gasteiger partial charge in [-0.05, 0) is 25.0 Å². The summed E-state index contributed by atoms with van der Waals surface area (Å²) in [7, 11) is 0. The second-order valence-electron chi connectivity index (χ2n) is 3.89. The minimum absolute atomic E-state index is 0.336. The predicted octanol–water partition coefficient (Wildman–Crippen LogP) is 3.16. The van der Waals surface area contributed by atoms with E-state index in [1.165, 1.54) is 0 Å². The summed E-state index contributed by atoms with van der Waals surface area (Å²) in [5.41, 5.74) is 6.43. The number of nitrogen functional groups attached to an aromatic ring is 1. The molecule has 0 fully saturated rings. The minimum Gasteiger partial charge on any atom is -0.396 e. The van der Waals surface area contributed by atoms with Crippen LogP contribution in [0.1, 0.15) is 27.2 Å². The van der Waals surface area contributed by atoms with Gasteiger partial charge in [-0.3, -0.25) is 0 Å². The molecule has 1 aromatic rings. The Morgan fingerprint density at radius 2 is 2.13 bits per heavy atom. The molecule has 84 valence electrons. The molecule has 0 aromatic carbocycles. The number of aromatic nitrogens is 1. The van der Waals surface area contributed by atoms with E-state index < -0.39 is 0 Å². The van der Waals surface area contributed by atoms with Crippen molar-refractivity contribution in [3.63, 3.8) is 0 Å². The van der Waals surface area contributed by atoms with Gasteiger partial charge in [0.2, 0.25) is 0 Å². The van der Waals surface area contributed by atoms with E-state index in [0.717, 1.165) is 6.42 Å². The van der Waals surface area contributed by atoms with E-state index >= 15 is 0 Å². The Morgan fingerprint density at radius 3 is 2.73 bits per heavy atom. The van der Waals surface area contributed by atoms with E-state index in [2.05, 4.69) is 31.1 Å². The van der Waals surface area contributed by atoms with Crippen LogP contribution in [-0.4, -0.2) is 11.0 Å². The largest absolute Gasteiger partial charge is 0.396 e. The Hall–Kier alpha value is -0.960. The Kier molecular flexibility index (Phi) is 4.21. The van der Waals surface area contributed by atoms with Crippen LogP contribution in [0.2, 0.25) is 5.15 Å². The monoisotopic (exact) mass is 227 g/mol. The maximum atomic E-state index is 5.81. The maximum Gasteiger partial charge on any atom is 0.151 e. The van der Waals surface area contributed by atoms with Crippen LogP contribution in [0.3, 0.4) is 0 Å². The molecular formula is C11H18ClN3. The fourth-order valence-corrected chi connectivity index (χ4v) is 1.42. The molecule has 1 heterocycles. The van der Waals surface area contributed by atoms with Gasteiger partial charge in [0, 0.05) is 6.04 Å². The highest BCUT2D eigenvalue weighted by Gasteiger charge is 2.12. The molecular weight excluding hydrogens is 210 g/mol. The summed E-state index contributed by atoms with van der Waals surface area (Å²) in [5, 5.41) is 3.74. The van der Waals surface area contributed by atoms with Crippen molar-refractivity contribution in [3.8, 4) is 0 Å². The number of nitrogens with two attached hydrogens (primary N) is 1. The summed E-state index contributed by atoms with van der Waals surface area (Å²) in [4.78, 5) is 4.16. The second-order valence-corrected chi connectivity index (χ2v) is 4.28. The summed E-state index contributed by atoms with van der Waals surface area (Å²) < 4.78 is 0. The molecule has 3 nitrogen and oxygen atoms in total. The number of rotatable bonds is 4. The number of nitrogens with zero attached hydrogens (tertiary/aromatic N) is 1. The van der Waals surface area contributed by atoms with Crippen LogP contribution in [0, 0.1) is 5.92 Å². The average Bonchev–Trinajstić information content (AvgIpc) is 2.22. The van der Waals surface area contributed by atoms with E-state index in [0.29, 0.717) is 28.6 Å². The predicted molar refractivity (Wildman–Crippen MR) is 66.2 cm³/mol. The van der Waals surface area contributed by atoms with Crippen molar-refractivity contribution in [1.82, 2.24) is 4.98 Å². The van der Waals surface area contributed by atoms with Crippen LogP contribution in [0.25, 0.3) is 0 Å². The summed E-state index contributed by atoms with van der Waals surface area (Å²) in [5.74, 6) is 1.25. The third-order valence-corrected chi connectivity index (χ3v) is 2.96. The van der Waals surface area contributed by atoms with Crippen LogP contribution >= 0.6 is 11.6 Å². The van der Waals surface area contributed by atoms with Crippen LogP contribution < -0.4 is 11.1 Å². The van der Waals surface area contributed by atoms with Gasteiger partial charge in [0.25, 0.3) is 0 Å². The highest BCUT2D eigenvalue weighted by molar-refractivity contribution is 6.29. The fraction of sp³-hybridized carbons (Fsp3) is 0.545. The Labute approximate surface area is 96.0 Å². The van der Waals surface area contributed by atoms with Gasteiger partial charge in [0.15, 0.2) is 5.82 Å². The van der Waals surface area contributed by atoms with E-state index in [1.54, 1.807) is 12.1 Å². The van der Waals surface area contributed by atoms with Crippen molar-refractivity contribution in [1.29, 1.82) is 0 Å². The molecule has 2 atom stereocenters. The lowest BCUT2D eigenvalue weighted by Crippen LogP contribution is -2.24. The molecule has 0 aliphatic rings. The first-order valence-corrected chi connectivity index (χ1v) is 5.61. The molecule has 0 radical (unpaired) electrons. The molecule has 0 bridgehead atoms. The van der Waals surface area contributed by atoms with Crippen LogP contribution in [0.5, 0.6) is 0 Å². The second kappa shape index (κ2) is 5.21. The zero-order valence-electron chi connectivity index (χ0n) is 9.42. The van der Waals surface area contributed by atoms with Gasteiger partial charge >= 0.3 is 0 Å². The van der Waals surface area contributed by atoms with Gasteiger partial charge in [0.1, 0.15) is 5.15 Å². The van der Waals surface area contributed by atoms with Crippen LogP contribution in [-0.2, 0) is 0 Å². The zero-order valence-corrected chi connectivity index (χ0v) is 10.2. The Bertz CT molecular complexity index is 328. The lowest BCUT2D eigenvalue weighted by atomic mass is 10.0. The van der Waals surface area contributed by atoms with E-state index in [1.807, 2.05) is 0 Å². The number of hydrogen-bond donors (Lipinski definition) is 2. The quantitative estimate of drug-likeness (QED) is 0.777. The van der Waals surface area contributed by atoms with Gasteiger partial charge in [-0.25, -0.2) is 4.98 Å². The van der Waals surface area contributed by atoms with Crippen molar-refractivity contribution in [2.45, 2.75) is 33.2 Å². The average molecular weight is 228 g/mol. The smallest absolute Gasteiger partial charge is 0.151 e. The number of anilines is 2. The molecule has 0 aliphatic heterocycles. The summed E-state index contributed by atoms with van der Waals surface area (Å²) in [6.45, 7) is 6.48. The summed E-state index contributed by atoms with van der Waals surface area (Å²) >= 11 is 5.81. The van der Waals surface area contributed by atoms with Crippen molar-refractivity contribution in [2.24, 2.45) is 5.92 Å². The van der Waals surface area contributed by atoms with Gasteiger partial charge in [0.05, 0.1) is 5.69 Å². The first-order valence-electron chi connectivity index (χ1n) is 5.23. The number of halogens is 1. The third-order valence-electron chi connectivity index (χ3n) is 2.75. The van der Waals surface area contributed by atoms with E-state index in [9.17, 15) is 0 Å². The lowest BCUT2D eigenvalue weighted by molar-refractivity contribution is 0.494. The Morgan fingerprint density at radius 1 is 1.47 bits per heavy atom. The number of nitrogens with one attached hydrogen (secondary N) is 1. The highest BCUT2D eigenvalue weighted by Crippen LogP contribution is 2.21. The van der Waals surface area contributed by atoms with Gasteiger partial charge in [-0.2, -0.15) is 0 Å². The standard InChI is InChI=1S/C11H18ClN3/c1-4-7(2)8(3)14-11-9(13)5-6-10(12)15-11/h5-8H,4,13H2,1-3H3,(H,14,15). The summed E-state index contributed by atoms with van der Waals surface area (Å²) in [6.07, 6.45) is 1.12. The molecule has 0 amide bonds. The zero-order chi connectivity index (χ0) is 11.4. The molecule has 4 heteroatoms. The van der Waals surface area contributed by atoms with Crippen molar-refractivity contribution in [3.05, 3.63) is 17.3 Å². The maximum absolute atomic E-state index is 5.81. The van der Waals surface area contributed by atoms with E-state index in [4.69, 9.17) is 17.3 Å². The van der Waals surface area contributed by atoms with Crippen molar-refractivity contribution >= 4 is 23.1 Å². The molecule has 1 rings (SSSR count). The number of hydrogen-bond acceptors (Lipinski definition) is 3. The van der Waals surface area contributed by atoms with E-state index in [-0.39, 0.29) is 0 Å². The van der Waals surface area contributed by atoms with Gasteiger partial charge in [-0.1, -0.05) is 31.9 Å².